The van der Waals surface area contributed by atoms with Crippen molar-refractivity contribution in [3.63, 3.8) is 0 Å². The molecule has 3 fully saturated rings. The quantitative estimate of drug-likeness (QED) is 0.422. The molecule has 0 spiro atoms. The third kappa shape index (κ3) is 6.10. The highest BCUT2D eigenvalue weighted by atomic mass is 16.5. The third-order valence-electron chi connectivity index (χ3n) is 6.12. The molecule has 0 aromatic carbocycles. The summed E-state index contributed by atoms with van der Waals surface area (Å²) < 4.78 is 5.48. The maximum Gasteiger partial charge on any atom is 0.193 e. The number of morpholine rings is 1. The summed E-state index contributed by atoms with van der Waals surface area (Å²) in [6.45, 7) is 11.2. The van der Waals surface area contributed by atoms with Crippen molar-refractivity contribution in [1.82, 2.24) is 20.0 Å². The normalized spacial score (nSPS) is 26.4. The van der Waals surface area contributed by atoms with Gasteiger partial charge in [-0.3, -0.25) is 9.89 Å². The Morgan fingerprint density at radius 2 is 1.81 bits per heavy atom. The van der Waals surface area contributed by atoms with Gasteiger partial charge in [0.2, 0.25) is 0 Å². The van der Waals surface area contributed by atoms with Crippen LogP contribution < -0.4 is 5.32 Å². The van der Waals surface area contributed by atoms with Gasteiger partial charge in [0.15, 0.2) is 5.96 Å². The Kier molecular flexibility index (Phi) is 8.49. The van der Waals surface area contributed by atoms with Gasteiger partial charge in [-0.15, -0.1) is 0 Å². The molecule has 3 aliphatic heterocycles. The van der Waals surface area contributed by atoms with Crippen LogP contribution in [0.1, 0.15) is 44.9 Å². The summed E-state index contributed by atoms with van der Waals surface area (Å²) in [4.78, 5) is 12.2. The molecule has 3 rings (SSSR count). The fourth-order valence-corrected chi connectivity index (χ4v) is 4.53. The van der Waals surface area contributed by atoms with Crippen LogP contribution >= 0.6 is 0 Å². The van der Waals surface area contributed by atoms with Crippen LogP contribution in [0.3, 0.4) is 0 Å². The predicted molar refractivity (Wildman–Crippen MR) is 108 cm³/mol. The predicted octanol–water partition coefficient (Wildman–Crippen LogP) is 1.62. The van der Waals surface area contributed by atoms with Crippen LogP contribution in [0.25, 0.3) is 0 Å². The average molecular weight is 366 g/mol. The van der Waals surface area contributed by atoms with E-state index in [0.717, 1.165) is 51.9 Å². The van der Waals surface area contributed by atoms with Crippen LogP contribution in [0.4, 0.5) is 0 Å². The molecule has 1 N–H and O–H groups in total. The van der Waals surface area contributed by atoms with Gasteiger partial charge >= 0.3 is 0 Å². The maximum absolute atomic E-state index is 5.48. The first kappa shape index (κ1) is 19.9. The molecule has 26 heavy (non-hydrogen) atoms. The minimum atomic E-state index is 0.669. The van der Waals surface area contributed by atoms with Crippen LogP contribution in [-0.2, 0) is 4.74 Å². The number of aliphatic imine (C=N–C) groups is 1. The third-order valence-corrected chi connectivity index (χ3v) is 6.12. The Morgan fingerprint density at radius 1 is 1.00 bits per heavy atom. The van der Waals surface area contributed by atoms with Crippen molar-refractivity contribution < 1.29 is 4.74 Å². The summed E-state index contributed by atoms with van der Waals surface area (Å²) in [5, 5.41) is 3.59. The van der Waals surface area contributed by atoms with Crippen molar-refractivity contribution in [1.29, 1.82) is 0 Å². The molecule has 0 saturated carbocycles. The van der Waals surface area contributed by atoms with Crippen LogP contribution in [0.15, 0.2) is 4.99 Å². The lowest BCUT2D eigenvalue weighted by atomic mass is 10.1. The number of rotatable bonds is 7. The number of hydrogen-bond donors (Lipinski definition) is 1. The van der Waals surface area contributed by atoms with E-state index in [1.54, 1.807) is 0 Å². The van der Waals surface area contributed by atoms with Crippen molar-refractivity contribution in [2.75, 3.05) is 72.6 Å². The molecule has 1 atom stereocenters. The Bertz CT molecular complexity index is 418. The average Bonchev–Trinajstić information content (AvgIpc) is 3.19. The summed E-state index contributed by atoms with van der Waals surface area (Å²) in [6.07, 6.45) is 9.38. The summed E-state index contributed by atoms with van der Waals surface area (Å²) in [7, 11) is 1.92. The summed E-state index contributed by atoms with van der Waals surface area (Å²) in [6, 6.07) is 0.669. The van der Waals surface area contributed by atoms with Gasteiger partial charge in [0, 0.05) is 45.8 Å². The number of hydrogen-bond acceptors (Lipinski definition) is 4. The maximum atomic E-state index is 5.48. The number of nitrogens with zero attached hydrogens (tertiary/aromatic N) is 4. The molecule has 0 radical (unpaired) electrons. The van der Waals surface area contributed by atoms with Gasteiger partial charge in [-0.1, -0.05) is 12.8 Å². The number of piperidine rings is 1. The molecule has 0 aromatic heterocycles. The number of guanidine groups is 1. The first-order valence-electron chi connectivity index (χ1n) is 10.9. The zero-order valence-corrected chi connectivity index (χ0v) is 16.8. The second-order valence-corrected chi connectivity index (χ2v) is 7.97. The van der Waals surface area contributed by atoms with Crippen LogP contribution in [-0.4, -0.2) is 99.3 Å². The first-order valence-corrected chi connectivity index (χ1v) is 10.9. The molecule has 1 unspecified atom stereocenters. The van der Waals surface area contributed by atoms with Gasteiger partial charge < -0.3 is 19.9 Å². The lowest BCUT2D eigenvalue weighted by molar-refractivity contribution is 0.0195. The number of unbranched alkanes of at least 4 members (excludes halogenated alkanes) is 2. The molecule has 3 saturated heterocycles. The monoisotopic (exact) mass is 365 g/mol. The van der Waals surface area contributed by atoms with E-state index in [0.29, 0.717) is 6.04 Å². The van der Waals surface area contributed by atoms with Crippen LogP contribution in [0.2, 0.25) is 0 Å². The molecule has 0 aromatic rings. The minimum absolute atomic E-state index is 0.669. The highest BCUT2D eigenvalue weighted by Gasteiger charge is 2.30. The smallest absolute Gasteiger partial charge is 0.193 e. The second-order valence-electron chi connectivity index (χ2n) is 7.97. The largest absolute Gasteiger partial charge is 0.379 e. The standard InChI is InChI=1S/C20H39N5O/c1-21-20(22-9-4-2-5-10-23-11-6-3-7-12-23)25-13-8-19(18-25)24-14-16-26-17-15-24/h19H,2-18H2,1H3,(H,21,22). The molecule has 3 heterocycles. The lowest BCUT2D eigenvalue weighted by Crippen LogP contribution is -2.46. The molecule has 0 aliphatic carbocycles. The highest BCUT2D eigenvalue weighted by molar-refractivity contribution is 5.80. The molecule has 150 valence electrons. The zero-order chi connectivity index (χ0) is 18.0. The molecular formula is C20H39N5O. The van der Waals surface area contributed by atoms with Crippen LogP contribution in [0.5, 0.6) is 0 Å². The van der Waals surface area contributed by atoms with E-state index in [2.05, 4.69) is 25.0 Å². The van der Waals surface area contributed by atoms with E-state index in [9.17, 15) is 0 Å². The summed E-state index contributed by atoms with van der Waals surface area (Å²) >= 11 is 0. The zero-order valence-electron chi connectivity index (χ0n) is 16.8. The van der Waals surface area contributed by atoms with Gasteiger partial charge in [0.25, 0.3) is 0 Å². The second kappa shape index (κ2) is 11.1. The van der Waals surface area contributed by atoms with E-state index in [1.165, 1.54) is 64.6 Å². The SMILES string of the molecule is CN=C(NCCCCCN1CCCCC1)N1CCC(N2CCOCC2)C1. The molecule has 3 aliphatic rings. The van der Waals surface area contributed by atoms with Crippen LogP contribution in [0, 0.1) is 0 Å². The Hall–Kier alpha value is -0.850. The molecule has 0 amide bonds. The van der Waals surface area contributed by atoms with Crippen molar-refractivity contribution in [3.8, 4) is 0 Å². The molecule has 6 nitrogen and oxygen atoms in total. The van der Waals surface area contributed by atoms with E-state index >= 15 is 0 Å². The summed E-state index contributed by atoms with van der Waals surface area (Å²) in [5.74, 6) is 1.09. The van der Waals surface area contributed by atoms with E-state index in [1.807, 2.05) is 7.05 Å². The fourth-order valence-electron chi connectivity index (χ4n) is 4.53. The highest BCUT2D eigenvalue weighted by Crippen LogP contribution is 2.17. The fraction of sp³-hybridized carbons (Fsp3) is 0.950. The van der Waals surface area contributed by atoms with Gasteiger partial charge in [-0.05, 0) is 51.7 Å². The Morgan fingerprint density at radius 3 is 2.58 bits per heavy atom. The molecular weight excluding hydrogens is 326 g/mol. The topological polar surface area (TPSA) is 43.3 Å². The first-order chi connectivity index (χ1) is 12.9. The Labute approximate surface area is 159 Å². The van der Waals surface area contributed by atoms with Gasteiger partial charge in [-0.2, -0.15) is 0 Å². The number of nitrogens with one attached hydrogen (secondary N) is 1. The van der Waals surface area contributed by atoms with Crippen molar-refractivity contribution in [3.05, 3.63) is 0 Å². The van der Waals surface area contributed by atoms with Gasteiger partial charge in [0.05, 0.1) is 13.2 Å². The molecule has 0 bridgehead atoms. The van der Waals surface area contributed by atoms with E-state index in [-0.39, 0.29) is 0 Å². The van der Waals surface area contributed by atoms with Gasteiger partial charge in [-0.25, -0.2) is 0 Å². The lowest BCUT2D eigenvalue weighted by Gasteiger charge is -2.32. The summed E-state index contributed by atoms with van der Waals surface area (Å²) in [5.41, 5.74) is 0. The Balaban J connectivity index is 1.27. The van der Waals surface area contributed by atoms with Crippen molar-refractivity contribution in [2.45, 2.75) is 51.0 Å². The number of likely N-dealkylation sites (tertiary alicyclic amines) is 2. The van der Waals surface area contributed by atoms with E-state index in [4.69, 9.17) is 4.74 Å². The van der Waals surface area contributed by atoms with E-state index < -0.39 is 0 Å². The number of ether oxygens (including phenoxy) is 1. The minimum Gasteiger partial charge on any atom is -0.379 e. The van der Waals surface area contributed by atoms with Crippen molar-refractivity contribution in [2.24, 2.45) is 4.99 Å². The molecule has 6 heteroatoms. The van der Waals surface area contributed by atoms with Gasteiger partial charge in [0.1, 0.15) is 0 Å². The van der Waals surface area contributed by atoms with Crippen molar-refractivity contribution >= 4 is 5.96 Å².